The molecule has 0 saturated carbocycles. The standard InChI is InChI=1S/C26H26Cl3N3O4S/c1-17-10-12-21(13-11-17)37(35,36)32(23-9-5-8-22(28)25(23)29)16-24(33)31(18(2)26(34)30-3)15-19-6-4-7-20(27)14-19/h4-14,18H,15-16H2,1-3H3,(H,30,34)/t18-/m1/s1. The number of nitrogens with zero attached hydrogens (tertiary/aromatic N) is 2. The SMILES string of the molecule is CNC(=O)[C@@H](C)N(Cc1cccc(Cl)c1)C(=O)CN(c1cccc(Cl)c1Cl)S(=O)(=O)c1ccc(C)cc1. The van der Waals surface area contributed by atoms with Crippen molar-refractivity contribution in [2.24, 2.45) is 0 Å². The van der Waals surface area contributed by atoms with Crippen LogP contribution in [0.5, 0.6) is 0 Å². The zero-order chi connectivity index (χ0) is 27.3. The number of hydrogen-bond donors (Lipinski definition) is 1. The Labute approximate surface area is 232 Å². The van der Waals surface area contributed by atoms with Crippen LogP contribution in [0.3, 0.4) is 0 Å². The fourth-order valence-corrected chi connectivity index (χ4v) is 5.75. The van der Waals surface area contributed by atoms with Crippen LogP contribution in [0.25, 0.3) is 0 Å². The zero-order valence-electron chi connectivity index (χ0n) is 20.4. The Bertz CT molecular complexity index is 1400. The minimum atomic E-state index is -4.25. The lowest BCUT2D eigenvalue weighted by atomic mass is 10.1. The van der Waals surface area contributed by atoms with E-state index in [2.05, 4.69) is 5.32 Å². The largest absolute Gasteiger partial charge is 0.357 e. The lowest BCUT2D eigenvalue weighted by Crippen LogP contribution is -2.50. The number of carbonyl (C=O) groups is 2. The highest BCUT2D eigenvalue weighted by Crippen LogP contribution is 2.35. The molecule has 0 fully saturated rings. The first-order valence-corrected chi connectivity index (χ1v) is 13.8. The molecule has 0 aromatic heterocycles. The summed E-state index contributed by atoms with van der Waals surface area (Å²) in [7, 11) is -2.79. The Morgan fingerprint density at radius 3 is 2.24 bits per heavy atom. The van der Waals surface area contributed by atoms with Gasteiger partial charge in [0.1, 0.15) is 12.6 Å². The summed E-state index contributed by atoms with van der Waals surface area (Å²) in [6, 6.07) is 16.7. The van der Waals surface area contributed by atoms with Crippen molar-refractivity contribution in [1.29, 1.82) is 0 Å². The van der Waals surface area contributed by atoms with Gasteiger partial charge in [0.25, 0.3) is 10.0 Å². The van der Waals surface area contributed by atoms with Gasteiger partial charge in [-0.3, -0.25) is 13.9 Å². The number of benzene rings is 3. The first-order chi connectivity index (χ1) is 17.4. The van der Waals surface area contributed by atoms with E-state index in [1.807, 2.05) is 6.92 Å². The molecular weight excluding hydrogens is 557 g/mol. The van der Waals surface area contributed by atoms with Gasteiger partial charge in [-0.2, -0.15) is 0 Å². The van der Waals surface area contributed by atoms with Gasteiger partial charge in [-0.15, -0.1) is 0 Å². The lowest BCUT2D eigenvalue weighted by molar-refractivity contribution is -0.139. The number of amides is 2. The average Bonchev–Trinajstić information content (AvgIpc) is 2.87. The van der Waals surface area contributed by atoms with Gasteiger partial charge in [0.15, 0.2) is 0 Å². The zero-order valence-corrected chi connectivity index (χ0v) is 23.5. The number of carbonyl (C=O) groups excluding carboxylic acids is 2. The van der Waals surface area contributed by atoms with E-state index >= 15 is 0 Å². The van der Waals surface area contributed by atoms with Crippen LogP contribution in [0.15, 0.2) is 71.6 Å². The Hall–Kier alpha value is -2.78. The lowest BCUT2D eigenvalue weighted by Gasteiger charge is -2.32. The Balaban J connectivity index is 2.08. The van der Waals surface area contributed by atoms with Crippen LogP contribution in [-0.4, -0.2) is 44.8 Å². The van der Waals surface area contributed by atoms with Gasteiger partial charge < -0.3 is 10.2 Å². The molecule has 196 valence electrons. The second kappa shape index (κ2) is 12.2. The topological polar surface area (TPSA) is 86.8 Å². The number of hydrogen-bond acceptors (Lipinski definition) is 4. The molecule has 0 aliphatic rings. The van der Waals surface area contributed by atoms with Crippen LogP contribution in [0.2, 0.25) is 15.1 Å². The minimum absolute atomic E-state index is 0.0200. The fourth-order valence-electron chi connectivity index (χ4n) is 3.66. The maximum Gasteiger partial charge on any atom is 0.264 e. The first-order valence-electron chi connectivity index (χ1n) is 11.2. The number of halogens is 3. The van der Waals surface area contributed by atoms with E-state index in [1.165, 1.54) is 36.2 Å². The van der Waals surface area contributed by atoms with E-state index in [4.69, 9.17) is 34.8 Å². The highest BCUT2D eigenvalue weighted by atomic mass is 35.5. The summed E-state index contributed by atoms with van der Waals surface area (Å²) in [5, 5.41) is 3.11. The van der Waals surface area contributed by atoms with Crippen molar-refractivity contribution in [3.05, 3.63) is 92.9 Å². The number of likely N-dealkylation sites (N-methyl/N-ethyl adjacent to an activating group) is 1. The van der Waals surface area contributed by atoms with E-state index in [0.29, 0.717) is 10.6 Å². The van der Waals surface area contributed by atoms with Crippen LogP contribution >= 0.6 is 34.8 Å². The third-order valence-corrected chi connectivity index (χ3v) is 8.56. The van der Waals surface area contributed by atoms with E-state index in [1.54, 1.807) is 49.4 Å². The van der Waals surface area contributed by atoms with E-state index in [-0.39, 0.29) is 27.2 Å². The normalized spacial score (nSPS) is 12.1. The van der Waals surface area contributed by atoms with Crippen LogP contribution < -0.4 is 9.62 Å². The molecule has 0 spiro atoms. The summed E-state index contributed by atoms with van der Waals surface area (Å²) in [5.41, 5.74) is 1.58. The van der Waals surface area contributed by atoms with Crippen LogP contribution in [-0.2, 0) is 26.2 Å². The van der Waals surface area contributed by atoms with Crippen molar-refractivity contribution in [1.82, 2.24) is 10.2 Å². The molecule has 0 aliphatic heterocycles. The second-order valence-electron chi connectivity index (χ2n) is 8.34. The van der Waals surface area contributed by atoms with Crippen LogP contribution in [0.4, 0.5) is 5.69 Å². The maximum absolute atomic E-state index is 13.8. The van der Waals surface area contributed by atoms with Crippen LogP contribution in [0, 0.1) is 6.92 Å². The van der Waals surface area contributed by atoms with Gasteiger partial charge in [-0.25, -0.2) is 8.42 Å². The molecule has 0 radical (unpaired) electrons. The average molecular weight is 583 g/mol. The molecule has 0 saturated heterocycles. The third kappa shape index (κ3) is 6.76. The molecule has 2 amide bonds. The molecule has 3 aromatic carbocycles. The summed E-state index contributed by atoms with van der Waals surface area (Å²) < 4.78 is 28.5. The predicted molar refractivity (Wildman–Crippen MR) is 148 cm³/mol. The Morgan fingerprint density at radius 1 is 0.973 bits per heavy atom. The van der Waals surface area contributed by atoms with E-state index in [0.717, 1.165) is 9.87 Å². The highest BCUT2D eigenvalue weighted by molar-refractivity contribution is 7.92. The summed E-state index contributed by atoms with van der Waals surface area (Å²) in [6.45, 7) is 2.79. The fraction of sp³-hybridized carbons (Fsp3) is 0.231. The van der Waals surface area contributed by atoms with Crippen molar-refractivity contribution in [3.8, 4) is 0 Å². The maximum atomic E-state index is 13.8. The molecular formula is C26H26Cl3N3O4S. The van der Waals surface area contributed by atoms with Gasteiger partial charge >= 0.3 is 0 Å². The summed E-state index contributed by atoms with van der Waals surface area (Å²) in [5.74, 6) is -1.04. The molecule has 3 aromatic rings. The monoisotopic (exact) mass is 581 g/mol. The van der Waals surface area contributed by atoms with Crippen molar-refractivity contribution >= 4 is 62.3 Å². The molecule has 0 heterocycles. The van der Waals surface area contributed by atoms with Gasteiger partial charge in [0.05, 0.1) is 20.6 Å². The van der Waals surface area contributed by atoms with Gasteiger partial charge in [0.2, 0.25) is 11.8 Å². The molecule has 11 heteroatoms. The smallest absolute Gasteiger partial charge is 0.264 e. The number of aryl methyl sites for hydroxylation is 1. The number of anilines is 1. The second-order valence-corrected chi connectivity index (χ2v) is 11.4. The first kappa shape index (κ1) is 28.8. The minimum Gasteiger partial charge on any atom is -0.357 e. The number of sulfonamides is 1. The Kier molecular flexibility index (Phi) is 9.47. The predicted octanol–water partition coefficient (Wildman–Crippen LogP) is 5.31. The van der Waals surface area contributed by atoms with Crippen LogP contribution in [0.1, 0.15) is 18.1 Å². The number of nitrogens with one attached hydrogen (secondary N) is 1. The van der Waals surface area contributed by atoms with Gasteiger partial charge in [0, 0.05) is 18.6 Å². The molecule has 1 N–H and O–H groups in total. The van der Waals surface area contributed by atoms with E-state index in [9.17, 15) is 18.0 Å². The number of rotatable bonds is 9. The van der Waals surface area contributed by atoms with Crippen molar-refractivity contribution < 1.29 is 18.0 Å². The van der Waals surface area contributed by atoms with Crippen molar-refractivity contribution in [3.63, 3.8) is 0 Å². The molecule has 37 heavy (non-hydrogen) atoms. The molecule has 0 aliphatic carbocycles. The van der Waals surface area contributed by atoms with Crippen molar-refractivity contribution in [2.45, 2.75) is 31.3 Å². The molecule has 0 unspecified atom stereocenters. The molecule has 0 bridgehead atoms. The Morgan fingerprint density at radius 2 is 1.62 bits per heavy atom. The van der Waals surface area contributed by atoms with Gasteiger partial charge in [-0.1, -0.05) is 70.7 Å². The molecule has 1 atom stereocenters. The summed E-state index contributed by atoms with van der Waals surface area (Å²) in [6.07, 6.45) is 0. The summed E-state index contributed by atoms with van der Waals surface area (Å²) in [4.78, 5) is 27.5. The van der Waals surface area contributed by atoms with E-state index < -0.39 is 34.4 Å². The highest BCUT2D eigenvalue weighted by Gasteiger charge is 2.33. The molecule has 7 nitrogen and oxygen atoms in total. The quantitative estimate of drug-likeness (QED) is 0.370. The van der Waals surface area contributed by atoms with Gasteiger partial charge in [-0.05, 0) is 55.8 Å². The summed E-state index contributed by atoms with van der Waals surface area (Å²) >= 11 is 18.7. The third-order valence-electron chi connectivity index (χ3n) is 5.74. The van der Waals surface area contributed by atoms with Crippen molar-refractivity contribution in [2.75, 3.05) is 17.9 Å². The molecule has 3 rings (SSSR count).